The van der Waals surface area contributed by atoms with Crippen LogP contribution in [0.5, 0.6) is 0 Å². The summed E-state index contributed by atoms with van der Waals surface area (Å²) in [6, 6.07) is 1.77. The van der Waals surface area contributed by atoms with E-state index in [0.29, 0.717) is 37.8 Å². The fourth-order valence-electron chi connectivity index (χ4n) is 3.27. The quantitative estimate of drug-likeness (QED) is 0.683. The smallest absolute Gasteiger partial charge is 0.261 e. The molecule has 0 aliphatic carbocycles. The monoisotopic (exact) mass is 368 g/mol. The minimum absolute atomic E-state index is 0.00794. The highest BCUT2D eigenvalue weighted by molar-refractivity contribution is 5.78. The van der Waals surface area contributed by atoms with Gasteiger partial charge in [0.15, 0.2) is 0 Å². The molecule has 0 unspecified atom stereocenters. The second kappa shape index (κ2) is 7.32. The van der Waals surface area contributed by atoms with Crippen LogP contribution in [0.4, 0.5) is 0 Å². The fourth-order valence-corrected chi connectivity index (χ4v) is 3.27. The fraction of sp³-hybridized carbons (Fsp3) is 0.368. The number of ether oxygens (including phenoxy) is 1. The first-order chi connectivity index (χ1) is 13.2. The zero-order chi connectivity index (χ0) is 18.8. The Hall–Kier alpha value is -3.00. The summed E-state index contributed by atoms with van der Waals surface area (Å²) >= 11 is 0. The van der Waals surface area contributed by atoms with E-state index in [9.17, 15) is 4.79 Å². The lowest BCUT2D eigenvalue weighted by atomic mass is 9.94. The molecule has 0 saturated heterocycles. The van der Waals surface area contributed by atoms with Crippen LogP contribution in [0, 0.1) is 6.92 Å². The van der Waals surface area contributed by atoms with Crippen molar-refractivity contribution in [3.8, 4) is 22.8 Å². The van der Waals surface area contributed by atoms with E-state index in [0.717, 1.165) is 27.9 Å². The molecule has 8 heteroatoms. The van der Waals surface area contributed by atoms with E-state index in [-0.39, 0.29) is 12.5 Å². The maximum absolute atomic E-state index is 12.3. The summed E-state index contributed by atoms with van der Waals surface area (Å²) in [6.45, 7) is 5.57. The van der Waals surface area contributed by atoms with Crippen molar-refractivity contribution in [2.24, 2.45) is 0 Å². The van der Waals surface area contributed by atoms with E-state index in [1.165, 1.54) is 0 Å². The van der Waals surface area contributed by atoms with Gasteiger partial charge in [-0.1, -0.05) is 5.16 Å². The number of aryl methyl sites for hydroxylation is 1. The number of hydrogen-bond acceptors (Lipinski definition) is 7. The second-order valence-electron chi connectivity index (χ2n) is 6.36. The number of rotatable bonds is 5. The van der Waals surface area contributed by atoms with Crippen LogP contribution in [-0.2, 0) is 22.5 Å². The Morgan fingerprint density at radius 2 is 2.30 bits per heavy atom. The maximum atomic E-state index is 12.3. The molecule has 27 heavy (non-hydrogen) atoms. The molecule has 1 aliphatic heterocycles. The average molecular weight is 368 g/mol. The predicted molar refractivity (Wildman–Crippen MR) is 95.6 cm³/mol. The highest BCUT2D eigenvalue weighted by Crippen LogP contribution is 2.31. The van der Waals surface area contributed by atoms with Gasteiger partial charge >= 0.3 is 0 Å². The third kappa shape index (κ3) is 3.35. The van der Waals surface area contributed by atoms with E-state index in [2.05, 4.69) is 15.1 Å². The molecule has 140 valence electrons. The van der Waals surface area contributed by atoms with Crippen LogP contribution >= 0.6 is 0 Å². The summed E-state index contributed by atoms with van der Waals surface area (Å²) in [4.78, 5) is 23.0. The number of aromatic nitrogens is 3. The van der Waals surface area contributed by atoms with Crippen molar-refractivity contribution in [3.63, 3.8) is 0 Å². The van der Waals surface area contributed by atoms with Crippen LogP contribution in [0.3, 0.4) is 0 Å². The summed E-state index contributed by atoms with van der Waals surface area (Å²) in [5, 5.41) is 4.14. The summed E-state index contributed by atoms with van der Waals surface area (Å²) in [5.41, 5.74) is 4.56. The van der Waals surface area contributed by atoms with Gasteiger partial charge in [0.25, 0.3) is 5.89 Å². The number of hydrogen-bond donors (Lipinski definition) is 0. The van der Waals surface area contributed by atoms with E-state index in [1.807, 2.05) is 20.0 Å². The molecule has 1 aliphatic rings. The van der Waals surface area contributed by atoms with E-state index >= 15 is 0 Å². The lowest BCUT2D eigenvalue weighted by molar-refractivity contribution is -0.136. The first-order valence-electron chi connectivity index (χ1n) is 8.87. The number of pyridine rings is 1. The van der Waals surface area contributed by atoms with Crippen molar-refractivity contribution in [3.05, 3.63) is 41.6 Å². The number of carbonyl (C=O) groups is 1. The largest absolute Gasteiger partial charge is 0.472 e. The van der Waals surface area contributed by atoms with Crippen molar-refractivity contribution >= 4 is 5.91 Å². The average Bonchev–Trinajstić information content (AvgIpc) is 3.37. The number of nitrogens with zero attached hydrogens (tertiary/aromatic N) is 4. The predicted octanol–water partition coefficient (Wildman–Crippen LogP) is 2.62. The molecule has 4 rings (SSSR count). The summed E-state index contributed by atoms with van der Waals surface area (Å²) < 4.78 is 15.7. The Labute approximate surface area is 156 Å². The first kappa shape index (κ1) is 17.4. The van der Waals surface area contributed by atoms with Gasteiger partial charge in [-0.25, -0.2) is 0 Å². The Balaban J connectivity index is 1.64. The van der Waals surface area contributed by atoms with Gasteiger partial charge in [-0.15, -0.1) is 0 Å². The van der Waals surface area contributed by atoms with Crippen molar-refractivity contribution in [1.29, 1.82) is 0 Å². The molecule has 0 aromatic carbocycles. The molecular weight excluding hydrogens is 348 g/mol. The lowest BCUT2D eigenvalue weighted by Crippen LogP contribution is -2.38. The Morgan fingerprint density at radius 1 is 1.41 bits per heavy atom. The zero-order valence-corrected chi connectivity index (χ0v) is 15.3. The van der Waals surface area contributed by atoms with E-state index < -0.39 is 0 Å². The van der Waals surface area contributed by atoms with Crippen molar-refractivity contribution in [2.45, 2.75) is 26.8 Å². The molecule has 3 aromatic heterocycles. The molecule has 0 radical (unpaired) electrons. The summed E-state index contributed by atoms with van der Waals surface area (Å²) in [7, 11) is 0. The number of fused-ring (bicyclic) bond motifs is 1. The molecular formula is C19H20N4O4. The standard InChI is InChI=1S/C19H20N4O4/c1-3-25-11-16(24)23-6-4-15-14(9-23)8-20-12(2)17(15)18-21-19(27-22-18)13-5-7-26-10-13/h5,7-8,10H,3-4,6,9,11H2,1-2H3. The molecule has 8 nitrogen and oxygen atoms in total. The zero-order valence-electron chi connectivity index (χ0n) is 15.3. The molecule has 1 amide bonds. The van der Waals surface area contributed by atoms with Crippen LogP contribution < -0.4 is 0 Å². The van der Waals surface area contributed by atoms with Gasteiger partial charge < -0.3 is 18.6 Å². The van der Waals surface area contributed by atoms with Gasteiger partial charge in [-0.3, -0.25) is 9.78 Å². The van der Waals surface area contributed by atoms with Crippen LogP contribution in [0.15, 0.2) is 33.7 Å². The molecule has 0 atom stereocenters. The number of amides is 1. The summed E-state index contributed by atoms with van der Waals surface area (Å²) in [5.74, 6) is 0.897. The normalized spacial score (nSPS) is 13.6. The summed E-state index contributed by atoms with van der Waals surface area (Å²) in [6.07, 6.45) is 5.65. The maximum Gasteiger partial charge on any atom is 0.261 e. The molecule has 3 aromatic rings. The van der Waals surface area contributed by atoms with Crippen molar-refractivity contribution < 1.29 is 18.5 Å². The van der Waals surface area contributed by atoms with Gasteiger partial charge in [0.05, 0.1) is 11.8 Å². The van der Waals surface area contributed by atoms with Crippen molar-refractivity contribution in [1.82, 2.24) is 20.0 Å². The van der Waals surface area contributed by atoms with Gasteiger partial charge in [0.1, 0.15) is 12.9 Å². The van der Waals surface area contributed by atoms with Gasteiger partial charge in [0, 0.05) is 37.2 Å². The van der Waals surface area contributed by atoms with Crippen LogP contribution in [0.25, 0.3) is 22.8 Å². The van der Waals surface area contributed by atoms with Crippen LogP contribution in [0.2, 0.25) is 0 Å². The third-order valence-electron chi connectivity index (χ3n) is 4.66. The molecule has 0 N–H and O–H groups in total. The third-order valence-corrected chi connectivity index (χ3v) is 4.66. The van der Waals surface area contributed by atoms with Gasteiger partial charge in [-0.05, 0) is 37.5 Å². The van der Waals surface area contributed by atoms with Crippen LogP contribution in [0.1, 0.15) is 23.7 Å². The minimum Gasteiger partial charge on any atom is -0.472 e. The Bertz CT molecular complexity index is 949. The lowest BCUT2D eigenvalue weighted by Gasteiger charge is -2.30. The molecule has 0 spiro atoms. The molecule has 4 heterocycles. The molecule has 0 saturated carbocycles. The molecule has 0 bridgehead atoms. The van der Waals surface area contributed by atoms with E-state index in [4.69, 9.17) is 13.7 Å². The van der Waals surface area contributed by atoms with Gasteiger partial charge in [0.2, 0.25) is 11.7 Å². The highest BCUT2D eigenvalue weighted by atomic mass is 16.5. The van der Waals surface area contributed by atoms with Crippen molar-refractivity contribution in [2.75, 3.05) is 19.8 Å². The van der Waals surface area contributed by atoms with E-state index in [1.54, 1.807) is 23.5 Å². The Kier molecular flexibility index (Phi) is 4.72. The minimum atomic E-state index is -0.00794. The Morgan fingerprint density at radius 3 is 3.07 bits per heavy atom. The van der Waals surface area contributed by atoms with Gasteiger partial charge in [-0.2, -0.15) is 4.98 Å². The molecule has 0 fully saturated rings. The SMILES string of the molecule is CCOCC(=O)N1CCc2c(cnc(C)c2-c2noc(-c3ccoc3)n2)C1. The van der Waals surface area contributed by atoms with Crippen LogP contribution in [-0.4, -0.2) is 45.7 Å². The second-order valence-corrected chi connectivity index (χ2v) is 6.36. The number of carbonyl (C=O) groups excluding carboxylic acids is 1. The topological polar surface area (TPSA) is 94.5 Å². The highest BCUT2D eigenvalue weighted by Gasteiger charge is 2.26. The first-order valence-corrected chi connectivity index (χ1v) is 8.87. The number of furan rings is 1.